The topological polar surface area (TPSA) is 59.9 Å². The first-order valence-electron chi connectivity index (χ1n) is 9.26. The van der Waals surface area contributed by atoms with Crippen LogP contribution in [0.25, 0.3) is 16.8 Å². The van der Waals surface area contributed by atoms with Crippen molar-refractivity contribution >= 4 is 45.4 Å². The fraction of sp³-hybridized carbons (Fsp3) is 0.130. The van der Waals surface area contributed by atoms with Crippen molar-refractivity contribution in [1.29, 1.82) is 0 Å². The normalized spacial score (nSPS) is 16.4. The average Bonchev–Trinajstić information content (AvgIpc) is 3.08. The van der Waals surface area contributed by atoms with E-state index in [1.807, 2.05) is 73.7 Å². The second-order valence-corrected chi connectivity index (χ2v) is 7.34. The number of aliphatic imine (C=N–C) groups is 1. The molecule has 1 saturated heterocycles. The van der Waals surface area contributed by atoms with E-state index in [1.165, 1.54) is 11.8 Å². The van der Waals surface area contributed by atoms with Gasteiger partial charge in [-0.2, -0.15) is 0 Å². The monoisotopic (exact) mass is 404 g/mol. The third-order valence-electron chi connectivity index (χ3n) is 4.46. The molecule has 3 aromatic carbocycles. The van der Waals surface area contributed by atoms with Crippen molar-refractivity contribution in [2.45, 2.75) is 6.92 Å². The van der Waals surface area contributed by atoms with Crippen molar-refractivity contribution in [1.82, 2.24) is 5.32 Å². The van der Waals surface area contributed by atoms with E-state index in [9.17, 15) is 4.79 Å². The molecular formula is C23H20N2O3S. The van der Waals surface area contributed by atoms with E-state index in [0.717, 1.165) is 33.5 Å². The number of rotatable bonds is 5. The van der Waals surface area contributed by atoms with E-state index < -0.39 is 0 Å². The molecule has 0 unspecified atom stereocenters. The Hall–Kier alpha value is -3.25. The van der Waals surface area contributed by atoms with Crippen molar-refractivity contribution in [3.63, 3.8) is 0 Å². The van der Waals surface area contributed by atoms with Gasteiger partial charge in [-0.05, 0) is 65.9 Å². The zero-order valence-electron chi connectivity index (χ0n) is 16.1. The van der Waals surface area contributed by atoms with Gasteiger partial charge in [0.25, 0.3) is 5.91 Å². The molecule has 29 heavy (non-hydrogen) atoms. The van der Waals surface area contributed by atoms with Crippen LogP contribution in [-0.4, -0.2) is 24.8 Å². The van der Waals surface area contributed by atoms with Gasteiger partial charge >= 0.3 is 0 Å². The van der Waals surface area contributed by atoms with Gasteiger partial charge in [0.05, 0.1) is 24.3 Å². The number of thioether (sulfide) groups is 1. The Balaban J connectivity index is 1.65. The van der Waals surface area contributed by atoms with Gasteiger partial charge in [-0.25, -0.2) is 4.99 Å². The van der Waals surface area contributed by atoms with Crippen LogP contribution in [0.4, 0.5) is 5.69 Å². The molecule has 0 spiro atoms. The molecule has 6 heteroatoms. The molecule has 4 rings (SSSR count). The minimum Gasteiger partial charge on any atom is -0.496 e. The highest BCUT2D eigenvalue weighted by molar-refractivity contribution is 8.18. The van der Waals surface area contributed by atoms with Crippen molar-refractivity contribution in [2.24, 2.45) is 4.99 Å². The number of nitrogens with one attached hydrogen (secondary N) is 1. The van der Waals surface area contributed by atoms with Gasteiger partial charge in [0.2, 0.25) is 0 Å². The first-order valence-corrected chi connectivity index (χ1v) is 10.1. The summed E-state index contributed by atoms with van der Waals surface area (Å²) in [7, 11) is 1.63. The highest BCUT2D eigenvalue weighted by Gasteiger charge is 2.24. The molecule has 1 heterocycles. The summed E-state index contributed by atoms with van der Waals surface area (Å²) in [5, 5.41) is 5.50. The van der Waals surface area contributed by atoms with Crippen LogP contribution < -0.4 is 14.8 Å². The fourth-order valence-electron chi connectivity index (χ4n) is 3.11. The fourth-order valence-corrected chi connectivity index (χ4v) is 3.94. The Morgan fingerprint density at radius 1 is 1.07 bits per heavy atom. The maximum Gasteiger partial charge on any atom is 0.264 e. The molecule has 0 saturated carbocycles. The van der Waals surface area contributed by atoms with Crippen LogP contribution in [0.5, 0.6) is 11.5 Å². The van der Waals surface area contributed by atoms with Crippen molar-refractivity contribution in [2.75, 3.05) is 13.7 Å². The minimum absolute atomic E-state index is 0.172. The minimum atomic E-state index is -0.172. The summed E-state index contributed by atoms with van der Waals surface area (Å²) >= 11 is 1.31. The zero-order valence-corrected chi connectivity index (χ0v) is 17.0. The second-order valence-electron chi connectivity index (χ2n) is 6.31. The van der Waals surface area contributed by atoms with Gasteiger partial charge < -0.3 is 14.8 Å². The highest BCUT2D eigenvalue weighted by Crippen LogP contribution is 2.34. The molecule has 1 aliphatic rings. The summed E-state index contributed by atoms with van der Waals surface area (Å²) < 4.78 is 11.0. The van der Waals surface area contributed by atoms with E-state index in [4.69, 9.17) is 9.47 Å². The SMILES string of the molecule is CCOc1ccc(N=C2NC(=O)/C(=C\c3c(OC)ccc4ccccc34)S2)cc1. The Kier molecular flexibility index (Phi) is 5.53. The summed E-state index contributed by atoms with van der Waals surface area (Å²) in [6.45, 7) is 2.56. The summed E-state index contributed by atoms with van der Waals surface area (Å²) in [5.41, 5.74) is 1.63. The molecule has 3 aromatic rings. The van der Waals surface area contributed by atoms with Crippen LogP contribution in [0.2, 0.25) is 0 Å². The Labute approximate surface area is 173 Å². The summed E-state index contributed by atoms with van der Waals surface area (Å²) in [6.07, 6.45) is 1.86. The number of hydrogen-bond acceptors (Lipinski definition) is 5. The van der Waals surface area contributed by atoms with Gasteiger partial charge in [0.15, 0.2) is 5.17 Å². The number of benzene rings is 3. The summed E-state index contributed by atoms with van der Waals surface area (Å²) in [4.78, 5) is 17.6. The van der Waals surface area contributed by atoms with E-state index in [2.05, 4.69) is 10.3 Å². The second kappa shape index (κ2) is 8.41. The number of ether oxygens (including phenoxy) is 2. The third kappa shape index (κ3) is 4.12. The standard InChI is InChI=1S/C23H20N2O3S/c1-3-28-17-11-9-16(10-12-17)24-23-25-22(26)21(29-23)14-19-18-7-5-4-6-15(18)8-13-20(19)27-2/h4-14H,3H2,1-2H3,(H,24,25,26)/b21-14+. The van der Waals surface area contributed by atoms with E-state index in [-0.39, 0.29) is 5.91 Å². The van der Waals surface area contributed by atoms with Gasteiger partial charge in [-0.1, -0.05) is 30.3 Å². The molecule has 1 fully saturated rings. The maximum atomic E-state index is 12.5. The molecule has 1 N–H and O–H groups in total. The van der Waals surface area contributed by atoms with Gasteiger partial charge in [-0.3, -0.25) is 4.79 Å². The molecule has 0 aromatic heterocycles. The van der Waals surface area contributed by atoms with Crippen molar-refractivity contribution < 1.29 is 14.3 Å². The number of carbonyl (C=O) groups is 1. The van der Waals surface area contributed by atoms with Crippen molar-refractivity contribution in [3.05, 3.63) is 71.1 Å². The quantitative estimate of drug-likeness (QED) is 0.598. The lowest BCUT2D eigenvalue weighted by molar-refractivity contribution is -0.115. The Morgan fingerprint density at radius 2 is 1.86 bits per heavy atom. The average molecular weight is 404 g/mol. The van der Waals surface area contributed by atoms with E-state index in [0.29, 0.717) is 16.7 Å². The van der Waals surface area contributed by atoms with E-state index in [1.54, 1.807) is 7.11 Å². The van der Waals surface area contributed by atoms with Gasteiger partial charge in [0.1, 0.15) is 11.5 Å². The molecule has 1 amide bonds. The molecule has 0 radical (unpaired) electrons. The number of nitrogens with zero attached hydrogens (tertiary/aromatic N) is 1. The lowest BCUT2D eigenvalue weighted by Gasteiger charge is -2.09. The molecule has 0 atom stereocenters. The molecule has 146 valence electrons. The Bertz CT molecular complexity index is 1120. The molecule has 0 bridgehead atoms. The number of methoxy groups -OCH3 is 1. The number of hydrogen-bond donors (Lipinski definition) is 1. The van der Waals surface area contributed by atoms with Gasteiger partial charge in [-0.15, -0.1) is 0 Å². The number of carbonyl (C=O) groups excluding carboxylic acids is 1. The first-order chi connectivity index (χ1) is 14.2. The molecule has 5 nitrogen and oxygen atoms in total. The lowest BCUT2D eigenvalue weighted by atomic mass is 10.0. The number of amides is 1. The maximum absolute atomic E-state index is 12.5. The molecular weight excluding hydrogens is 384 g/mol. The lowest BCUT2D eigenvalue weighted by Crippen LogP contribution is -2.19. The zero-order chi connectivity index (χ0) is 20.2. The summed E-state index contributed by atoms with van der Waals surface area (Å²) in [6, 6.07) is 19.4. The predicted molar refractivity (Wildman–Crippen MR) is 119 cm³/mol. The highest BCUT2D eigenvalue weighted by atomic mass is 32.2. The van der Waals surface area contributed by atoms with Crippen LogP contribution in [0, 0.1) is 0 Å². The molecule has 1 aliphatic heterocycles. The summed E-state index contributed by atoms with van der Waals surface area (Å²) in [5.74, 6) is 1.35. The number of amidine groups is 1. The smallest absolute Gasteiger partial charge is 0.264 e. The van der Waals surface area contributed by atoms with Crippen molar-refractivity contribution in [3.8, 4) is 11.5 Å². The largest absolute Gasteiger partial charge is 0.496 e. The van der Waals surface area contributed by atoms with Crippen LogP contribution in [-0.2, 0) is 4.79 Å². The van der Waals surface area contributed by atoms with Crippen LogP contribution >= 0.6 is 11.8 Å². The van der Waals surface area contributed by atoms with Crippen LogP contribution in [0.3, 0.4) is 0 Å². The molecule has 0 aliphatic carbocycles. The van der Waals surface area contributed by atoms with Crippen LogP contribution in [0.15, 0.2) is 70.6 Å². The number of fused-ring (bicyclic) bond motifs is 1. The van der Waals surface area contributed by atoms with Crippen LogP contribution in [0.1, 0.15) is 12.5 Å². The Morgan fingerprint density at radius 3 is 2.62 bits per heavy atom. The van der Waals surface area contributed by atoms with Gasteiger partial charge in [0, 0.05) is 5.56 Å². The van der Waals surface area contributed by atoms with E-state index >= 15 is 0 Å². The predicted octanol–water partition coefficient (Wildman–Crippen LogP) is 5.14. The third-order valence-corrected chi connectivity index (χ3v) is 5.37. The first kappa shape index (κ1) is 19.1.